The van der Waals surface area contributed by atoms with Gasteiger partial charge in [-0.3, -0.25) is 4.98 Å². The molecule has 0 fully saturated rings. The molecule has 3 aromatic rings. The van der Waals surface area contributed by atoms with Crippen LogP contribution in [0.3, 0.4) is 0 Å². The van der Waals surface area contributed by atoms with Crippen LogP contribution in [-0.2, 0) is 0 Å². The molecule has 0 atom stereocenters. The van der Waals surface area contributed by atoms with E-state index >= 15 is 0 Å². The molecule has 0 N–H and O–H groups in total. The van der Waals surface area contributed by atoms with Crippen molar-refractivity contribution >= 4 is 5.57 Å². The predicted molar refractivity (Wildman–Crippen MR) is 84.0 cm³/mol. The van der Waals surface area contributed by atoms with Gasteiger partial charge in [-0.05, 0) is 48.7 Å². The van der Waals surface area contributed by atoms with E-state index in [0.717, 1.165) is 33.8 Å². The molecule has 0 saturated heterocycles. The summed E-state index contributed by atoms with van der Waals surface area (Å²) in [4.78, 5) is 8.89. The molecule has 4 nitrogen and oxygen atoms in total. The maximum absolute atomic E-state index is 4.45. The third-order valence-corrected chi connectivity index (χ3v) is 3.25. The van der Waals surface area contributed by atoms with Gasteiger partial charge in [0.2, 0.25) is 0 Å². The molecule has 0 radical (unpaired) electrons. The van der Waals surface area contributed by atoms with Crippen molar-refractivity contribution in [3.63, 3.8) is 0 Å². The van der Waals surface area contributed by atoms with E-state index in [4.69, 9.17) is 0 Å². The second-order valence-corrected chi connectivity index (χ2v) is 5.08. The van der Waals surface area contributed by atoms with Gasteiger partial charge in [-0.2, -0.15) is 5.10 Å². The molecule has 0 bridgehead atoms. The molecule has 0 saturated carbocycles. The van der Waals surface area contributed by atoms with E-state index in [9.17, 15) is 0 Å². The quantitative estimate of drug-likeness (QED) is 0.733. The van der Waals surface area contributed by atoms with Gasteiger partial charge in [-0.25, -0.2) is 9.67 Å². The number of hydrogen-bond donors (Lipinski definition) is 0. The van der Waals surface area contributed by atoms with E-state index in [2.05, 4.69) is 21.6 Å². The maximum Gasteiger partial charge on any atom is 0.153 e. The molecule has 104 valence electrons. The van der Waals surface area contributed by atoms with Crippen LogP contribution in [0.1, 0.15) is 18.1 Å². The lowest BCUT2D eigenvalue weighted by molar-refractivity contribution is 0.847. The summed E-state index contributed by atoms with van der Waals surface area (Å²) in [5, 5.41) is 4.25. The average Bonchev–Trinajstić information content (AvgIpc) is 2.94. The minimum atomic E-state index is 0.797. The lowest BCUT2D eigenvalue weighted by Gasteiger charge is -2.04. The van der Waals surface area contributed by atoms with Crippen molar-refractivity contribution in [1.29, 1.82) is 0 Å². The molecule has 21 heavy (non-hydrogen) atoms. The van der Waals surface area contributed by atoms with Crippen molar-refractivity contribution in [2.75, 3.05) is 0 Å². The first-order chi connectivity index (χ1) is 10.1. The molecule has 3 aromatic heterocycles. The minimum Gasteiger partial charge on any atom is -0.256 e. The maximum atomic E-state index is 4.45. The van der Waals surface area contributed by atoms with Gasteiger partial charge in [0.05, 0.1) is 11.9 Å². The number of aromatic nitrogens is 4. The van der Waals surface area contributed by atoms with Crippen LogP contribution in [0.2, 0.25) is 0 Å². The Morgan fingerprint density at radius 2 is 1.90 bits per heavy atom. The van der Waals surface area contributed by atoms with Crippen molar-refractivity contribution in [3.05, 3.63) is 66.8 Å². The highest BCUT2D eigenvalue weighted by Gasteiger charge is 2.03. The van der Waals surface area contributed by atoms with Gasteiger partial charge in [0, 0.05) is 24.2 Å². The van der Waals surface area contributed by atoms with Gasteiger partial charge in [0.25, 0.3) is 0 Å². The summed E-state index contributed by atoms with van der Waals surface area (Å²) in [6.07, 6.45) is 7.41. The van der Waals surface area contributed by atoms with Crippen LogP contribution in [0, 0.1) is 6.92 Å². The number of allylic oxidation sites excluding steroid dienone is 1. The van der Waals surface area contributed by atoms with Gasteiger partial charge in [-0.15, -0.1) is 0 Å². The largest absolute Gasteiger partial charge is 0.256 e. The summed E-state index contributed by atoms with van der Waals surface area (Å²) < 4.78 is 1.76. The van der Waals surface area contributed by atoms with Crippen LogP contribution in [-0.4, -0.2) is 19.7 Å². The fourth-order valence-electron chi connectivity index (χ4n) is 2.03. The van der Waals surface area contributed by atoms with Gasteiger partial charge in [-0.1, -0.05) is 12.6 Å². The fourth-order valence-corrected chi connectivity index (χ4v) is 2.03. The van der Waals surface area contributed by atoms with Crippen molar-refractivity contribution in [1.82, 2.24) is 19.7 Å². The topological polar surface area (TPSA) is 43.6 Å². The third-order valence-electron chi connectivity index (χ3n) is 3.25. The summed E-state index contributed by atoms with van der Waals surface area (Å²) in [6.45, 7) is 7.89. The number of rotatable bonds is 3. The van der Waals surface area contributed by atoms with Crippen LogP contribution < -0.4 is 0 Å². The van der Waals surface area contributed by atoms with Gasteiger partial charge < -0.3 is 0 Å². The summed E-state index contributed by atoms with van der Waals surface area (Å²) >= 11 is 0. The first kappa shape index (κ1) is 13.2. The number of nitrogens with zero attached hydrogens (tertiary/aromatic N) is 4. The lowest BCUT2D eigenvalue weighted by atomic mass is 10.1. The molecule has 4 heteroatoms. The first-order valence-corrected chi connectivity index (χ1v) is 6.73. The van der Waals surface area contributed by atoms with E-state index < -0.39 is 0 Å². The zero-order chi connectivity index (χ0) is 14.8. The minimum absolute atomic E-state index is 0.797. The number of hydrogen-bond acceptors (Lipinski definition) is 3. The molecule has 0 aliphatic carbocycles. The molecule has 0 amide bonds. The molecule has 0 spiro atoms. The van der Waals surface area contributed by atoms with E-state index in [0.29, 0.717) is 0 Å². The summed E-state index contributed by atoms with van der Waals surface area (Å²) in [6, 6.07) is 7.95. The molecule has 0 unspecified atom stereocenters. The number of pyridine rings is 2. The SMILES string of the molecule is C=C(C)c1ccc(-c2ccc(-n3cc(C)cn3)nc2)nc1. The smallest absolute Gasteiger partial charge is 0.153 e. The Labute approximate surface area is 123 Å². The molecule has 3 heterocycles. The second-order valence-electron chi connectivity index (χ2n) is 5.08. The highest BCUT2D eigenvalue weighted by molar-refractivity contribution is 5.64. The Bertz CT molecular complexity index is 767. The molecular weight excluding hydrogens is 260 g/mol. The molecule has 0 aromatic carbocycles. The fraction of sp³-hybridized carbons (Fsp3) is 0.118. The highest BCUT2D eigenvalue weighted by Crippen LogP contribution is 2.19. The van der Waals surface area contributed by atoms with Crippen LogP contribution in [0.4, 0.5) is 0 Å². The lowest BCUT2D eigenvalue weighted by Crippen LogP contribution is -1.97. The van der Waals surface area contributed by atoms with Crippen LogP contribution in [0.25, 0.3) is 22.6 Å². The van der Waals surface area contributed by atoms with Gasteiger partial charge in [0.15, 0.2) is 5.82 Å². The van der Waals surface area contributed by atoms with Crippen LogP contribution in [0.5, 0.6) is 0 Å². The van der Waals surface area contributed by atoms with Crippen LogP contribution >= 0.6 is 0 Å². The highest BCUT2D eigenvalue weighted by atomic mass is 15.3. The Hall–Kier alpha value is -2.75. The number of aryl methyl sites for hydroxylation is 1. The van der Waals surface area contributed by atoms with Crippen molar-refractivity contribution in [3.8, 4) is 17.1 Å². The summed E-state index contributed by atoms with van der Waals surface area (Å²) in [7, 11) is 0. The zero-order valence-corrected chi connectivity index (χ0v) is 12.1. The second kappa shape index (κ2) is 5.32. The first-order valence-electron chi connectivity index (χ1n) is 6.73. The third kappa shape index (κ3) is 2.74. The molecule has 0 aliphatic rings. The Morgan fingerprint density at radius 3 is 2.43 bits per heavy atom. The molecule has 0 aliphatic heterocycles. The van der Waals surface area contributed by atoms with E-state index in [-0.39, 0.29) is 0 Å². The van der Waals surface area contributed by atoms with Gasteiger partial charge >= 0.3 is 0 Å². The Kier molecular flexibility index (Phi) is 3.36. The Balaban J connectivity index is 1.88. The van der Waals surface area contributed by atoms with Crippen molar-refractivity contribution in [2.24, 2.45) is 0 Å². The van der Waals surface area contributed by atoms with Crippen molar-refractivity contribution in [2.45, 2.75) is 13.8 Å². The Morgan fingerprint density at radius 1 is 1.05 bits per heavy atom. The predicted octanol–water partition coefficient (Wildman–Crippen LogP) is 3.67. The van der Waals surface area contributed by atoms with E-state index in [1.807, 2.05) is 62.9 Å². The molecular formula is C17H16N4. The van der Waals surface area contributed by atoms with Crippen molar-refractivity contribution < 1.29 is 0 Å². The normalized spacial score (nSPS) is 10.6. The summed E-state index contributed by atoms with van der Waals surface area (Å²) in [5.74, 6) is 0.797. The van der Waals surface area contributed by atoms with E-state index in [1.54, 1.807) is 4.68 Å². The van der Waals surface area contributed by atoms with Gasteiger partial charge in [0.1, 0.15) is 0 Å². The molecule has 3 rings (SSSR count). The average molecular weight is 276 g/mol. The summed E-state index contributed by atoms with van der Waals surface area (Å²) in [5.41, 5.74) is 5.05. The monoisotopic (exact) mass is 276 g/mol. The zero-order valence-electron chi connectivity index (χ0n) is 12.1. The van der Waals surface area contributed by atoms with E-state index in [1.165, 1.54) is 0 Å². The van der Waals surface area contributed by atoms with Crippen LogP contribution in [0.15, 0.2) is 55.6 Å². The standard InChI is InChI=1S/C17H16N4/c1-12(2)14-4-6-16(18-9-14)15-5-7-17(19-10-15)21-11-13(3)8-20-21/h4-11H,1H2,2-3H3.